The van der Waals surface area contributed by atoms with Crippen molar-refractivity contribution in [2.45, 2.75) is 0 Å². The van der Waals surface area contributed by atoms with E-state index in [0.29, 0.717) is 5.92 Å². The Hall–Kier alpha value is -2.34. The van der Waals surface area contributed by atoms with Crippen molar-refractivity contribution in [1.29, 1.82) is 0 Å². The van der Waals surface area contributed by atoms with Crippen LogP contribution in [0.3, 0.4) is 0 Å². The van der Waals surface area contributed by atoms with Crippen molar-refractivity contribution < 1.29 is 0 Å². The molecule has 0 aliphatic heterocycles. The van der Waals surface area contributed by atoms with E-state index in [-0.39, 0.29) is 0 Å². The summed E-state index contributed by atoms with van der Waals surface area (Å²) in [6, 6.07) is 0. The number of fused-ring (bicyclic) bond motifs is 2. The Bertz CT molecular complexity index is 707. The molecule has 0 saturated heterocycles. The van der Waals surface area contributed by atoms with Crippen molar-refractivity contribution in [3.05, 3.63) is 107 Å². The van der Waals surface area contributed by atoms with E-state index in [0.717, 1.165) is 0 Å². The standard InChI is InChI=1S/C19H14/c1-2-6-10-16-15(9-5-1)17-11-7-3-4-8-14-12-13-18(16)19(14)17/h1-13,18H/b2-1-,4-3-,5-1?,6-2?,7-3?,8-4?,9-5-,10-6-,11-7-,14-8-,15-9?,16-10?,17-11?. The van der Waals surface area contributed by atoms with E-state index in [1.165, 1.54) is 27.9 Å². The molecule has 4 aliphatic carbocycles. The Morgan fingerprint density at radius 1 is 0.632 bits per heavy atom. The molecule has 0 saturated carbocycles. The zero-order chi connectivity index (χ0) is 12.7. The molecular formula is C19H14. The molecule has 0 amide bonds. The lowest BCUT2D eigenvalue weighted by molar-refractivity contribution is 0.993. The van der Waals surface area contributed by atoms with Gasteiger partial charge in [-0.15, -0.1) is 0 Å². The first-order chi connectivity index (χ1) is 9.45. The molecule has 0 aromatic carbocycles. The van der Waals surface area contributed by atoms with Gasteiger partial charge in [0, 0.05) is 5.92 Å². The summed E-state index contributed by atoms with van der Waals surface area (Å²) in [5.41, 5.74) is 6.96. The van der Waals surface area contributed by atoms with Crippen LogP contribution in [0.1, 0.15) is 0 Å². The monoisotopic (exact) mass is 242 g/mol. The van der Waals surface area contributed by atoms with Gasteiger partial charge in [0.15, 0.2) is 0 Å². The highest BCUT2D eigenvalue weighted by Crippen LogP contribution is 2.47. The molecule has 1 atom stereocenters. The lowest BCUT2D eigenvalue weighted by Gasteiger charge is -2.08. The molecule has 0 N–H and O–H groups in total. The van der Waals surface area contributed by atoms with Gasteiger partial charge in [0.05, 0.1) is 0 Å². The summed E-state index contributed by atoms with van der Waals surface area (Å²) in [6.45, 7) is 0. The zero-order valence-electron chi connectivity index (χ0n) is 10.6. The Balaban J connectivity index is 1.96. The molecule has 4 rings (SSSR count). The van der Waals surface area contributed by atoms with Crippen LogP contribution in [-0.4, -0.2) is 0 Å². The van der Waals surface area contributed by atoms with Crippen LogP contribution < -0.4 is 0 Å². The topological polar surface area (TPSA) is 0 Å². The molecule has 0 aromatic rings. The largest absolute Gasteiger partial charge is 0.0720 e. The quantitative estimate of drug-likeness (QED) is 0.586. The van der Waals surface area contributed by atoms with E-state index < -0.39 is 0 Å². The second-order valence-corrected chi connectivity index (χ2v) is 5.00. The molecule has 0 radical (unpaired) electrons. The summed E-state index contributed by atoms with van der Waals surface area (Å²) in [5, 5.41) is 0. The van der Waals surface area contributed by atoms with Gasteiger partial charge in [-0.3, -0.25) is 0 Å². The first kappa shape index (κ1) is 10.6. The van der Waals surface area contributed by atoms with Gasteiger partial charge in [-0.25, -0.2) is 0 Å². The normalized spacial score (nSPS) is 37.3. The minimum atomic E-state index is 0.430. The Morgan fingerprint density at radius 2 is 1.37 bits per heavy atom. The van der Waals surface area contributed by atoms with Crippen LogP contribution in [0.4, 0.5) is 0 Å². The Labute approximate surface area is 113 Å². The van der Waals surface area contributed by atoms with Crippen molar-refractivity contribution in [3.63, 3.8) is 0 Å². The lowest BCUT2D eigenvalue weighted by Crippen LogP contribution is -1.96. The number of rotatable bonds is 0. The van der Waals surface area contributed by atoms with Gasteiger partial charge >= 0.3 is 0 Å². The van der Waals surface area contributed by atoms with E-state index in [1.807, 2.05) is 0 Å². The minimum absolute atomic E-state index is 0.430. The van der Waals surface area contributed by atoms with Crippen LogP contribution in [0.2, 0.25) is 0 Å². The summed E-state index contributed by atoms with van der Waals surface area (Å²) < 4.78 is 0. The van der Waals surface area contributed by atoms with Gasteiger partial charge in [0.1, 0.15) is 0 Å². The summed E-state index contributed by atoms with van der Waals surface area (Å²) in [7, 11) is 0. The first-order valence-electron chi connectivity index (χ1n) is 6.69. The van der Waals surface area contributed by atoms with Crippen LogP contribution in [-0.2, 0) is 0 Å². The van der Waals surface area contributed by atoms with Crippen molar-refractivity contribution in [1.82, 2.24) is 0 Å². The number of hydrogen-bond donors (Lipinski definition) is 0. The predicted octanol–water partition coefficient (Wildman–Crippen LogP) is 4.51. The van der Waals surface area contributed by atoms with Gasteiger partial charge in [-0.05, 0) is 27.9 Å². The molecule has 90 valence electrons. The molecule has 0 aromatic heterocycles. The molecule has 0 fully saturated rings. The van der Waals surface area contributed by atoms with Crippen LogP contribution in [0.15, 0.2) is 107 Å². The minimum Gasteiger partial charge on any atom is -0.0720 e. The molecule has 0 heterocycles. The van der Waals surface area contributed by atoms with E-state index in [4.69, 9.17) is 0 Å². The maximum Gasteiger partial charge on any atom is 0.0291 e. The maximum atomic E-state index is 2.32. The van der Waals surface area contributed by atoms with Crippen molar-refractivity contribution in [2.75, 3.05) is 0 Å². The number of hydrogen-bond acceptors (Lipinski definition) is 0. The molecular weight excluding hydrogens is 228 g/mol. The van der Waals surface area contributed by atoms with Gasteiger partial charge in [0.2, 0.25) is 0 Å². The van der Waals surface area contributed by atoms with E-state index in [2.05, 4.69) is 79.0 Å². The fourth-order valence-corrected chi connectivity index (χ4v) is 3.13. The molecule has 4 aliphatic rings. The van der Waals surface area contributed by atoms with E-state index in [9.17, 15) is 0 Å². The first-order valence-corrected chi connectivity index (χ1v) is 6.69. The Kier molecular flexibility index (Phi) is 2.28. The van der Waals surface area contributed by atoms with Crippen LogP contribution in [0.25, 0.3) is 0 Å². The highest BCUT2D eigenvalue weighted by atomic mass is 14.4. The van der Waals surface area contributed by atoms with Crippen molar-refractivity contribution in [3.8, 4) is 0 Å². The summed E-state index contributed by atoms with van der Waals surface area (Å²) >= 11 is 0. The molecule has 1 unspecified atom stereocenters. The fraction of sp³-hybridized carbons (Fsp3) is 0.0526. The number of allylic oxidation sites excluding steroid dienone is 18. The second-order valence-electron chi connectivity index (χ2n) is 5.00. The van der Waals surface area contributed by atoms with Gasteiger partial charge in [0.25, 0.3) is 0 Å². The van der Waals surface area contributed by atoms with Gasteiger partial charge in [-0.2, -0.15) is 0 Å². The SMILES string of the molecule is C1=CC2C3=C(\C=C/C=C\C=C/3)C3=C2C\1=C/C=C\C=C/3. The van der Waals surface area contributed by atoms with Crippen molar-refractivity contribution >= 4 is 0 Å². The van der Waals surface area contributed by atoms with Crippen molar-refractivity contribution in [2.24, 2.45) is 5.92 Å². The summed E-state index contributed by atoms with van der Waals surface area (Å²) in [5.74, 6) is 0.430. The van der Waals surface area contributed by atoms with E-state index in [1.54, 1.807) is 0 Å². The van der Waals surface area contributed by atoms with Crippen LogP contribution >= 0.6 is 0 Å². The van der Waals surface area contributed by atoms with Gasteiger partial charge in [-0.1, -0.05) is 79.0 Å². The lowest BCUT2D eigenvalue weighted by atomic mass is 9.95. The fourth-order valence-electron chi connectivity index (χ4n) is 3.13. The average molecular weight is 242 g/mol. The average Bonchev–Trinajstić information content (AvgIpc) is 2.84. The maximum absolute atomic E-state index is 2.32. The molecule has 19 heavy (non-hydrogen) atoms. The van der Waals surface area contributed by atoms with Crippen LogP contribution in [0.5, 0.6) is 0 Å². The third kappa shape index (κ3) is 1.53. The predicted molar refractivity (Wildman–Crippen MR) is 80.5 cm³/mol. The summed E-state index contributed by atoms with van der Waals surface area (Å²) in [6.07, 6.45) is 28.3. The Morgan fingerprint density at radius 3 is 2.26 bits per heavy atom. The van der Waals surface area contributed by atoms with Crippen LogP contribution in [0, 0.1) is 5.92 Å². The molecule has 0 bridgehead atoms. The zero-order valence-corrected chi connectivity index (χ0v) is 10.6. The third-order valence-corrected chi connectivity index (χ3v) is 3.95. The second kappa shape index (κ2) is 4.10. The van der Waals surface area contributed by atoms with E-state index >= 15 is 0 Å². The highest BCUT2D eigenvalue weighted by molar-refractivity contribution is 5.73. The molecule has 0 heteroatoms. The summed E-state index contributed by atoms with van der Waals surface area (Å²) in [4.78, 5) is 0. The molecule has 0 spiro atoms. The third-order valence-electron chi connectivity index (χ3n) is 3.95. The molecule has 0 nitrogen and oxygen atoms in total. The van der Waals surface area contributed by atoms with Gasteiger partial charge < -0.3 is 0 Å². The highest BCUT2D eigenvalue weighted by Gasteiger charge is 2.33. The smallest absolute Gasteiger partial charge is 0.0291 e.